The molecule has 3 heterocycles. The third-order valence-corrected chi connectivity index (χ3v) is 8.68. The molecule has 0 unspecified atom stereocenters. The third kappa shape index (κ3) is 4.43. The Kier molecular flexibility index (Phi) is 6.47. The highest BCUT2D eigenvalue weighted by atomic mass is 32.2. The van der Waals surface area contributed by atoms with Gasteiger partial charge in [-0.05, 0) is 74.8 Å². The number of carbonyl (C=O) groups is 1. The molecule has 0 atom stereocenters. The first-order valence-electron chi connectivity index (χ1n) is 11.8. The number of thioether (sulfide) groups is 1. The van der Waals surface area contributed by atoms with Gasteiger partial charge in [0.25, 0.3) is 5.56 Å². The van der Waals surface area contributed by atoms with E-state index in [9.17, 15) is 9.59 Å². The lowest BCUT2D eigenvalue weighted by molar-refractivity contribution is -0.129. The number of hydrogen-bond donors (Lipinski definition) is 0. The Balaban J connectivity index is 1.50. The first kappa shape index (κ1) is 22.5. The normalized spacial score (nSPS) is 16.4. The van der Waals surface area contributed by atoms with Crippen LogP contribution < -0.4 is 10.3 Å². The zero-order valence-electron chi connectivity index (χ0n) is 19.1. The van der Waals surface area contributed by atoms with E-state index in [1.54, 1.807) is 15.9 Å². The average Bonchev–Trinajstić information content (AvgIpc) is 3.40. The number of aryl methyl sites for hydroxylation is 2. The monoisotopic (exact) mass is 483 g/mol. The maximum atomic E-state index is 13.8. The molecule has 1 saturated heterocycles. The second-order valence-electron chi connectivity index (χ2n) is 8.85. The molecule has 1 amide bonds. The highest BCUT2D eigenvalue weighted by molar-refractivity contribution is 7.99. The fourth-order valence-electron chi connectivity index (χ4n) is 4.68. The van der Waals surface area contributed by atoms with Crippen LogP contribution in [-0.4, -0.2) is 45.8 Å². The molecule has 33 heavy (non-hydrogen) atoms. The molecule has 0 bridgehead atoms. The summed E-state index contributed by atoms with van der Waals surface area (Å²) < 4.78 is 7.25. The summed E-state index contributed by atoms with van der Waals surface area (Å²) in [7, 11) is 0. The molecule has 0 spiro atoms. The minimum Gasteiger partial charge on any atom is -0.494 e. The van der Waals surface area contributed by atoms with Crippen LogP contribution in [0.4, 0.5) is 0 Å². The van der Waals surface area contributed by atoms with Crippen molar-refractivity contribution in [1.82, 2.24) is 14.5 Å². The number of likely N-dealkylation sites (tertiary alicyclic amines) is 1. The lowest BCUT2D eigenvalue weighted by atomic mass is 9.99. The number of carbonyl (C=O) groups excluding carboxylic acids is 1. The molecule has 6 nitrogen and oxygen atoms in total. The molecule has 1 fully saturated rings. The third-order valence-electron chi connectivity index (χ3n) is 6.58. The summed E-state index contributed by atoms with van der Waals surface area (Å²) >= 11 is 3.00. The Hall–Kier alpha value is -2.32. The standard InChI is InChI=1S/C25H29N3O3S2/c1-3-31-18-9-7-17(8-10-18)28-24(30)22-19-5-4-6-20(19)33-23(22)26-25(28)32-15-21(29)27-13-11-16(2)12-14-27/h7-10,16H,3-6,11-15H2,1-2H3. The highest BCUT2D eigenvalue weighted by Crippen LogP contribution is 2.36. The smallest absolute Gasteiger partial charge is 0.267 e. The van der Waals surface area contributed by atoms with Gasteiger partial charge in [-0.1, -0.05) is 18.7 Å². The predicted molar refractivity (Wildman–Crippen MR) is 134 cm³/mol. The Morgan fingerprint density at radius 2 is 1.97 bits per heavy atom. The van der Waals surface area contributed by atoms with E-state index in [0.717, 1.165) is 66.8 Å². The van der Waals surface area contributed by atoms with Crippen LogP contribution in [0.25, 0.3) is 15.9 Å². The van der Waals surface area contributed by atoms with Crippen LogP contribution in [0, 0.1) is 5.92 Å². The number of piperidine rings is 1. The van der Waals surface area contributed by atoms with Crippen LogP contribution >= 0.6 is 23.1 Å². The topological polar surface area (TPSA) is 64.4 Å². The molecule has 3 aromatic rings. The fourth-order valence-corrected chi connectivity index (χ4v) is 6.90. The number of fused-ring (bicyclic) bond motifs is 3. The fraction of sp³-hybridized carbons (Fsp3) is 0.480. The molecule has 0 saturated carbocycles. The molecular formula is C25H29N3O3S2. The number of amides is 1. The van der Waals surface area contributed by atoms with Gasteiger partial charge in [0.15, 0.2) is 5.16 Å². The van der Waals surface area contributed by atoms with E-state index in [-0.39, 0.29) is 17.2 Å². The van der Waals surface area contributed by atoms with E-state index >= 15 is 0 Å². The van der Waals surface area contributed by atoms with Crippen molar-refractivity contribution >= 4 is 39.2 Å². The molecule has 2 aromatic heterocycles. The molecule has 174 valence electrons. The molecule has 1 aliphatic heterocycles. The van der Waals surface area contributed by atoms with Gasteiger partial charge in [0.1, 0.15) is 10.6 Å². The Morgan fingerprint density at radius 3 is 2.70 bits per heavy atom. The van der Waals surface area contributed by atoms with Crippen molar-refractivity contribution in [1.29, 1.82) is 0 Å². The first-order chi connectivity index (χ1) is 16.0. The van der Waals surface area contributed by atoms with Gasteiger partial charge in [-0.3, -0.25) is 14.2 Å². The summed E-state index contributed by atoms with van der Waals surface area (Å²) in [6.07, 6.45) is 5.16. The largest absolute Gasteiger partial charge is 0.494 e. The van der Waals surface area contributed by atoms with Crippen molar-refractivity contribution in [2.45, 2.75) is 51.1 Å². The maximum Gasteiger partial charge on any atom is 0.267 e. The second kappa shape index (κ2) is 9.50. The molecule has 5 rings (SSSR count). The van der Waals surface area contributed by atoms with Crippen LogP contribution in [0.15, 0.2) is 34.2 Å². The van der Waals surface area contributed by atoms with Crippen molar-refractivity contribution in [3.05, 3.63) is 45.1 Å². The number of ether oxygens (including phenoxy) is 1. The van der Waals surface area contributed by atoms with E-state index in [1.165, 1.54) is 22.2 Å². The van der Waals surface area contributed by atoms with Gasteiger partial charge in [-0.2, -0.15) is 0 Å². The van der Waals surface area contributed by atoms with Gasteiger partial charge in [0.2, 0.25) is 5.91 Å². The summed E-state index contributed by atoms with van der Waals surface area (Å²) in [5, 5.41) is 1.33. The van der Waals surface area contributed by atoms with Gasteiger partial charge >= 0.3 is 0 Å². The van der Waals surface area contributed by atoms with Crippen molar-refractivity contribution in [2.75, 3.05) is 25.4 Å². The Labute approximate surface area is 202 Å². The van der Waals surface area contributed by atoms with Gasteiger partial charge in [-0.25, -0.2) is 4.98 Å². The molecule has 0 radical (unpaired) electrons. The summed E-state index contributed by atoms with van der Waals surface area (Å²) in [5.41, 5.74) is 1.88. The SMILES string of the molecule is CCOc1ccc(-n2c(SCC(=O)N3CCC(C)CC3)nc3sc4c(c3c2=O)CCC4)cc1. The highest BCUT2D eigenvalue weighted by Gasteiger charge is 2.25. The number of aromatic nitrogens is 2. The zero-order chi connectivity index (χ0) is 22.9. The molecule has 2 aliphatic rings. The second-order valence-corrected chi connectivity index (χ2v) is 10.9. The summed E-state index contributed by atoms with van der Waals surface area (Å²) in [6.45, 7) is 6.41. The van der Waals surface area contributed by atoms with Crippen LogP contribution in [0.2, 0.25) is 0 Å². The quantitative estimate of drug-likeness (QED) is 0.376. The Bertz CT molecular complexity index is 1220. The van der Waals surface area contributed by atoms with Crippen LogP contribution in [0.1, 0.15) is 43.6 Å². The van der Waals surface area contributed by atoms with E-state index in [2.05, 4.69) is 6.92 Å². The molecule has 1 aromatic carbocycles. The number of nitrogens with zero attached hydrogens (tertiary/aromatic N) is 3. The van der Waals surface area contributed by atoms with Gasteiger partial charge in [0.05, 0.1) is 23.4 Å². The van der Waals surface area contributed by atoms with Gasteiger partial charge in [0, 0.05) is 18.0 Å². The lowest BCUT2D eigenvalue weighted by Gasteiger charge is -2.30. The van der Waals surface area contributed by atoms with Crippen LogP contribution in [-0.2, 0) is 17.6 Å². The Morgan fingerprint density at radius 1 is 1.21 bits per heavy atom. The van der Waals surface area contributed by atoms with Crippen molar-refractivity contribution < 1.29 is 9.53 Å². The van der Waals surface area contributed by atoms with Gasteiger partial charge in [-0.15, -0.1) is 11.3 Å². The molecule has 0 N–H and O–H groups in total. The number of rotatable bonds is 6. The van der Waals surface area contributed by atoms with Crippen molar-refractivity contribution in [3.8, 4) is 11.4 Å². The van der Waals surface area contributed by atoms with E-state index in [4.69, 9.17) is 9.72 Å². The molecular weight excluding hydrogens is 454 g/mol. The molecule has 8 heteroatoms. The van der Waals surface area contributed by atoms with E-state index in [0.29, 0.717) is 17.7 Å². The minimum atomic E-state index is -0.0368. The van der Waals surface area contributed by atoms with Crippen LogP contribution in [0.5, 0.6) is 5.75 Å². The summed E-state index contributed by atoms with van der Waals surface area (Å²) in [4.78, 5) is 35.6. The maximum absolute atomic E-state index is 13.8. The van der Waals surface area contributed by atoms with Gasteiger partial charge < -0.3 is 9.64 Å². The lowest BCUT2D eigenvalue weighted by Crippen LogP contribution is -2.39. The number of thiophene rings is 1. The number of hydrogen-bond acceptors (Lipinski definition) is 6. The van der Waals surface area contributed by atoms with Crippen molar-refractivity contribution in [3.63, 3.8) is 0 Å². The van der Waals surface area contributed by atoms with E-state index < -0.39 is 0 Å². The van der Waals surface area contributed by atoms with Crippen LogP contribution in [0.3, 0.4) is 0 Å². The first-order valence-corrected chi connectivity index (χ1v) is 13.6. The summed E-state index contributed by atoms with van der Waals surface area (Å²) in [6, 6.07) is 7.54. The predicted octanol–water partition coefficient (Wildman–Crippen LogP) is 4.69. The average molecular weight is 484 g/mol. The molecule has 1 aliphatic carbocycles. The summed E-state index contributed by atoms with van der Waals surface area (Å²) in [5.74, 6) is 1.85. The zero-order valence-corrected chi connectivity index (χ0v) is 20.8. The minimum absolute atomic E-state index is 0.0368. The van der Waals surface area contributed by atoms with E-state index in [1.807, 2.05) is 36.1 Å². The number of benzene rings is 1. The van der Waals surface area contributed by atoms with Crippen molar-refractivity contribution in [2.24, 2.45) is 5.92 Å².